The minimum Gasteiger partial charge on any atom is -0.477 e. The summed E-state index contributed by atoms with van der Waals surface area (Å²) >= 11 is 0. The van der Waals surface area contributed by atoms with E-state index in [0.717, 1.165) is 0 Å². The standard InChI is InChI=1S/C4H4N2O2.C2H7NO/c7-4(8)3-1-5-2-6-3;3-1-2-4/h1-2H,(H,5,6)(H,7,8);4H,1-3H2. The molecule has 1 rings (SSSR count). The molecule has 0 bridgehead atoms. The summed E-state index contributed by atoms with van der Waals surface area (Å²) < 4.78 is 0. The van der Waals surface area contributed by atoms with Crippen LogP contribution in [0.3, 0.4) is 0 Å². The van der Waals surface area contributed by atoms with Crippen LogP contribution in [0.4, 0.5) is 0 Å². The Morgan fingerprint density at radius 3 is 2.50 bits per heavy atom. The number of H-pyrrole nitrogens is 1. The van der Waals surface area contributed by atoms with E-state index < -0.39 is 5.97 Å². The van der Waals surface area contributed by atoms with Crippen LogP contribution in [-0.2, 0) is 0 Å². The van der Waals surface area contributed by atoms with Gasteiger partial charge in [-0.2, -0.15) is 0 Å². The second-order valence-electron chi connectivity index (χ2n) is 1.78. The Labute approximate surface area is 69.1 Å². The number of nitrogens with zero attached hydrogens (tertiary/aromatic N) is 1. The third-order valence-electron chi connectivity index (χ3n) is 0.858. The summed E-state index contributed by atoms with van der Waals surface area (Å²) in [6.45, 7) is 0.472. The van der Waals surface area contributed by atoms with Crippen LogP contribution in [0.25, 0.3) is 0 Å². The molecule has 0 amide bonds. The Morgan fingerprint density at radius 2 is 2.33 bits per heavy atom. The van der Waals surface area contributed by atoms with Gasteiger partial charge >= 0.3 is 5.97 Å². The summed E-state index contributed by atoms with van der Waals surface area (Å²) in [5.41, 5.74) is 4.89. The zero-order chi connectivity index (χ0) is 9.40. The van der Waals surface area contributed by atoms with E-state index >= 15 is 0 Å². The average molecular weight is 173 g/mol. The molecule has 0 radical (unpaired) electrons. The van der Waals surface area contributed by atoms with Crippen molar-refractivity contribution >= 4 is 5.97 Å². The molecule has 0 aliphatic carbocycles. The van der Waals surface area contributed by atoms with Gasteiger partial charge in [-0.15, -0.1) is 0 Å². The van der Waals surface area contributed by atoms with Crippen LogP contribution >= 0.6 is 0 Å². The van der Waals surface area contributed by atoms with Crippen LogP contribution in [0.1, 0.15) is 10.5 Å². The van der Waals surface area contributed by atoms with Gasteiger partial charge in [0, 0.05) is 6.54 Å². The first kappa shape index (κ1) is 10.6. The summed E-state index contributed by atoms with van der Waals surface area (Å²) in [7, 11) is 0. The van der Waals surface area contributed by atoms with Gasteiger partial charge in [0.15, 0.2) is 0 Å². The number of aliphatic hydroxyl groups excluding tert-OH is 1. The predicted octanol–water partition coefficient (Wildman–Crippen LogP) is -0.955. The number of hydrogen-bond acceptors (Lipinski definition) is 4. The molecule has 0 unspecified atom stereocenters. The number of aliphatic hydroxyl groups is 1. The van der Waals surface area contributed by atoms with E-state index in [1.165, 1.54) is 12.5 Å². The number of rotatable bonds is 2. The monoisotopic (exact) mass is 173 g/mol. The number of aromatic nitrogens is 2. The van der Waals surface area contributed by atoms with Crippen LogP contribution in [0.2, 0.25) is 0 Å². The van der Waals surface area contributed by atoms with Gasteiger partial charge in [0.2, 0.25) is 0 Å². The molecule has 0 saturated carbocycles. The summed E-state index contributed by atoms with van der Waals surface area (Å²) in [5, 5.41) is 16.0. The third kappa shape index (κ3) is 4.42. The highest BCUT2D eigenvalue weighted by Gasteiger charge is 1.99. The quantitative estimate of drug-likeness (QED) is 0.460. The smallest absolute Gasteiger partial charge is 0.353 e. The molecule has 0 aliphatic heterocycles. The molecule has 68 valence electrons. The number of aromatic carboxylic acids is 1. The van der Waals surface area contributed by atoms with Crippen molar-refractivity contribution in [2.24, 2.45) is 5.73 Å². The first-order valence-electron chi connectivity index (χ1n) is 3.25. The Bertz CT molecular complexity index is 208. The molecular weight excluding hydrogens is 162 g/mol. The lowest BCUT2D eigenvalue weighted by molar-refractivity contribution is 0.0691. The van der Waals surface area contributed by atoms with Crippen molar-refractivity contribution in [1.82, 2.24) is 9.97 Å². The maximum atomic E-state index is 9.99. The van der Waals surface area contributed by atoms with Gasteiger partial charge in [-0.25, -0.2) is 9.78 Å². The number of carboxylic acids is 1. The van der Waals surface area contributed by atoms with Crippen LogP contribution < -0.4 is 5.73 Å². The van der Waals surface area contributed by atoms with Gasteiger partial charge < -0.3 is 20.9 Å². The minimum absolute atomic E-state index is 0.0972. The number of nitrogens with two attached hydrogens (primary N) is 1. The van der Waals surface area contributed by atoms with Crippen molar-refractivity contribution in [2.45, 2.75) is 0 Å². The van der Waals surface area contributed by atoms with Crippen molar-refractivity contribution in [3.63, 3.8) is 0 Å². The topological polar surface area (TPSA) is 112 Å². The number of aromatic amines is 1. The Kier molecular flexibility index (Phi) is 5.58. The zero-order valence-corrected chi connectivity index (χ0v) is 6.40. The Balaban J connectivity index is 0.000000261. The fraction of sp³-hybridized carbons (Fsp3) is 0.333. The lowest BCUT2D eigenvalue weighted by Crippen LogP contribution is -2.02. The molecule has 0 aromatic carbocycles. The van der Waals surface area contributed by atoms with Gasteiger partial charge in [0.25, 0.3) is 0 Å². The van der Waals surface area contributed by atoms with Crippen LogP contribution in [-0.4, -0.2) is 39.3 Å². The third-order valence-corrected chi connectivity index (χ3v) is 0.858. The Morgan fingerprint density at radius 1 is 1.75 bits per heavy atom. The van der Waals surface area contributed by atoms with Crippen molar-refractivity contribution in [3.8, 4) is 0 Å². The van der Waals surface area contributed by atoms with Crippen molar-refractivity contribution in [1.29, 1.82) is 0 Å². The molecule has 1 heterocycles. The second kappa shape index (κ2) is 6.32. The van der Waals surface area contributed by atoms with Crippen molar-refractivity contribution < 1.29 is 15.0 Å². The van der Waals surface area contributed by atoms with Crippen LogP contribution in [0.15, 0.2) is 12.5 Å². The van der Waals surface area contributed by atoms with Gasteiger partial charge in [0.05, 0.1) is 19.1 Å². The molecule has 6 nitrogen and oxygen atoms in total. The van der Waals surface area contributed by atoms with Crippen molar-refractivity contribution in [2.75, 3.05) is 13.2 Å². The number of hydrogen-bond donors (Lipinski definition) is 4. The molecule has 12 heavy (non-hydrogen) atoms. The van der Waals surface area contributed by atoms with Gasteiger partial charge in [-0.1, -0.05) is 0 Å². The normalized spacial score (nSPS) is 8.50. The molecule has 0 spiro atoms. The van der Waals surface area contributed by atoms with E-state index in [-0.39, 0.29) is 12.3 Å². The summed E-state index contributed by atoms with van der Waals surface area (Å²) in [6, 6.07) is 0. The molecule has 0 fully saturated rings. The number of imidazole rings is 1. The van der Waals surface area contributed by atoms with Crippen LogP contribution in [0.5, 0.6) is 0 Å². The molecule has 1 aromatic rings. The SMILES string of the molecule is NCCO.O=C(O)c1cnc[nH]1. The van der Waals surface area contributed by atoms with E-state index in [4.69, 9.17) is 15.9 Å². The highest BCUT2D eigenvalue weighted by Crippen LogP contribution is 1.87. The lowest BCUT2D eigenvalue weighted by atomic mass is 10.5. The molecule has 0 saturated heterocycles. The number of nitrogens with one attached hydrogen (secondary N) is 1. The molecule has 6 heteroatoms. The molecule has 0 atom stereocenters. The molecular formula is C6H11N3O3. The van der Waals surface area contributed by atoms with Gasteiger partial charge in [-0.3, -0.25) is 0 Å². The average Bonchev–Trinajstić information content (AvgIpc) is 2.57. The lowest BCUT2D eigenvalue weighted by Gasteiger charge is -1.79. The Hall–Kier alpha value is -1.40. The summed E-state index contributed by atoms with van der Waals surface area (Å²) in [6.07, 6.45) is 2.58. The first-order valence-corrected chi connectivity index (χ1v) is 3.25. The maximum Gasteiger partial charge on any atom is 0.353 e. The predicted molar refractivity (Wildman–Crippen MR) is 41.7 cm³/mol. The van der Waals surface area contributed by atoms with Crippen LogP contribution in [0, 0.1) is 0 Å². The van der Waals surface area contributed by atoms with Crippen molar-refractivity contribution in [3.05, 3.63) is 18.2 Å². The highest BCUT2D eigenvalue weighted by atomic mass is 16.4. The summed E-state index contributed by atoms with van der Waals surface area (Å²) in [4.78, 5) is 15.9. The fourth-order valence-corrected chi connectivity index (χ4v) is 0.373. The highest BCUT2D eigenvalue weighted by molar-refractivity contribution is 5.84. The van der Waals surface area contributed by atoms with Gasteiger partial charge in [0.1, 0.15) is 5.69 Å². The number of carbonyl (C=O) groups is 1. The van der Waals surface area contributed by atoms with E-state index in [2.05, 4.69) is 9.97 Å². The van der Waals surface area contributed by atoms with E-state index in [0.29, 0.717) is 6.54 Å². The summed E-state index contributed by atoms with van der Waals surface area (Å²) in [5.74, 6) is -0.984. The molecule has 0 aliphatic rings. The van der Waals surface area contributed by atoms with E-state index in [9.17, 15) is 4.79 Å². The minimum atomic E-state index is -0.984. The fourth-order valence-electron chi connectivity index (χ4n) is 0.373. The number of carboxylic acid groups (broad SMARTS) is 1. The first-order chi connectivity index (χ1) is 5.72. The van der Waals surface area contributed by atoms with E-state index in [1.54, 1.807) is 0 Å². The maximum absolute atomic E-state index is 9.99. The largest absolute Gasteiger partial charge is 0.477 e. The molecule has 5 N–H and O–H groups in total. The van der Waals surface area contributed by atoms with Gasteiger partial charge in [-0.05, 0) is 0 Å². The zero-order valence-electron chi connectivity index (χ0n) is 6.40. The second-order valence-corrected chi connectivity index (χ2v) is 1.78. The van der Waals surface area contributed by atoms with E-state index in [1.807, 2.05) is 0 Å². The molecule has 1 aromatic heterocycles.